The molecule has 1 heterocycles. The Labute approximate surface area is 122 Å². The number of nitrogens with zero attached hydrogens (tertiary/aromatic N) is 2. The molecule has 19 heavy (non-hydrogen) atoms. The summed E-state index contributed by atoms with van der Waals surface area (Å²) in [6.45, 7) is 15.4. The van der Waals surface area contributed by atoms with E-state index in [-0.39, 0.29) is 0 Å². The van der Waals surface area contributed by atoms with Gasteiger partial charge in [0.1, 0.15) is 0 Å². The van der Waals surface area contributed by atoms with E-state index in [2.05, 4.69) is 49.8 Å². The first kappa shape index (κ1) is 16.6. The van der Waals surface area contributed by atoms with E-state index in [1.165, 1.54) is 35.0 Å². The Morgan fingerprint density at radius 3 is 2.47 bits per heavy atom. The van der Waals surface area contributed by atoms with Crippen LogP contribution in [0, 0.1) is 13.8 Å². The molecule has 0 aliphatic carbocycles. The molecule has 1 rings (SSSR count). The van der Waals surface area contributed by atoms with Crippen LogP contribution in [0.1, 0.15) is 49.2 Å². The van der Waals surface area contributed by atoms with E-state index in [4.69, 9.17) is 0 Å². The molecule has 0 aliphatic rings. The normalized spacial score (nSPS) is 13.2. The van der Waals surface area contributed by atoms with Crippen molar-refractivity contribution in [2.45, 2.75) is 60.0 Å². The van der Waals surface area contributed by atoms with Crippen molar-refractivity contribution in [1.29, 1.82) is 0 Å². The minimum Gasteiger partial charge on any atom is -0.309 e. The Morgan fingerprint density at radius 1 is 1.26 bits per heavy atom. The largest absolute Gasteiger partial charge is 0.309 e. The third-order valence-electron chi connectivity index (χ3n) is 3.62. The van der Waals surface area contributed by atoms with Crippen LogP contribution < -0.4 is 5.32 Å². The quantitative estimate of drug-likeness (QED) is 0.753. The van der Waals surface area contributed by atoms with Gasteiger partial charge in [0.25, 0.3) is 0 Å². The Morgan fingerprint density at radius 2 is 1.95 bits per heavy atom. The van der Waals surface area contributed by atoms with Gasteiger partial charge in [-0.05, 0) is 53.2 Å². The zero-order valence-corrected chi connectivity index (χ0v) is 13.9. The van der Waals surface area contributed by atoms with E-state index in [1.807, 2.05) is 11.3 Å². The lowest BCUT2D eigenvalue weighted by molar-refractivity contribution is 0.290. The van der Waals surface area contributed by atoms with Gasteiger partial charge in [0.05, 0.1) is 10.7 Å². The van der Waals surface area contributed by atoms with Gasteiger partial charge in [-0.2, -0.15) is 0 Å². The maximum absolute atomic E-state index is 4.47. The Balaban J connectivity index is 2.21. The molecular formula is C15H29N3S. The first-order valence-corrected chi connectivity index (χ1v) is 8.27. The highest BCUT2D eigenvalue weighted by Crippen LogP contribution is 2.17. The van der Waals surface area contributed by atoms with Crippen molar-refractivity contribution in [3.8, 4) is 0 Å². The summed E-state index contributed by atoms with van der Waals surface area (Å²) >= 11 is 1.81. The maximum atomic E-state index is 4.47. The van der Waals surface area contributed by atoms with E-state index in [0.29, 0.717) is 6.04 Å². The molecule has 0 aliphatic heterocycles. The van der Waals surface area contributed by atoms with Crippen molar-refractivity contribution in [2.24, 2.45) is 0 Å². The monoisotopic (exact) mass is 283 g/mol. The fourth-order valence-electron chi connectivity index (χ4n) is 2.27. The van der Waals surface area contributed by atoms with Crippen molar-refractivity contribution in [3.05, 3.63) is 15.6 Å². The predicted molar refractivity (Wildman–Crippen MR) is 84.9 cm³/mol. The van der Waals surface area contributed by atoms with Gasteiger partial charge in [0.15, 0.2) is 0 Å². The Kier molecular flexibility index (Phi) is 7.57. The lowest BCUT2D eigenvalue weighted by Crippen LogP contribution is -2.28. The van der Waals surface area contributed by atoms with Gasteiger partial charge in [-0.15, -0.1) is 11.3 Å². The molecule has 0 bridgehead atoms. The number of aryl methyl sites for hydroxylation is 2. The van der Waals surface area contributed by atoms with Gasteiger partial charge >= 0.3 is 0 Å². The predicted octanol–water partition coefficient (Wildman–Crippen LogP) is 3.36. The number of hydrogen-bond acceptors (Lipinski definition) is 4. The smallest absolute Gasteiger partial charge is 0.0900 e. The second-order valence-corrected chi connectivity index (χ2v) is 6.48. The number of hydrogen-bond donors (Lipinski definition) is 1. The third-order valence-corrected chi connectivity index (χ3v) is 4.69. The zero-order chi connectivity index (χ0) is 14.3. The summed E-state index contributed by atoms with van der Waals surface area (Å²) < 4.78 is 0. The Bertz CT molecular complexity index is 358. The van der Waals surface area contributed by atoms with Crippen LogP contribution in [-0.2, 0) is 6.54 Å². The molecule has 0 radical (unpaired) electrons. The van der Waals surface area contributed by atoms with Crippen LogP contribution in [0.15, 0.2) is 0 Å². The molecule has 110 valence electrons. The van der Waals surface area contributed by atoms with Gasteiger partial charge in [-0.1, -0.05) is 13.8 Å². The second kappa shape index (κ2) is 8.67. The highest BCUT2D eigenvalue weighted by molar-refractivity contribution is 7.11. The van der Waals surface area contributed by atoms with Gasteiger partial charge in [-0.3, -0.25) is 0 Å². The van der Waals surface area contributed by atoms with Crippen LogP contribution in [-0.4, -0.2) is 35.6 Å². The van der Waals surface area contributed by atoms with E-state index in [1.54, 1.807) is 0 Å². The van der Waals surface area contributed by atoms with Gasteiger partial charge in [0.2, 0.25) is 0 Å². The van der Waals surface area contributed by atoms with Gasteiger partial charge in [-0.25, -0.2) is 4.98 Å². The molecule has 1 unspecified atom stereocenters. The summed E-state index contributed by atoms with van der Waals surface area (Å²) in [6, 6.07) is 0.581. The van der Waals surface area contributed by atoms with E-state index < -0.39 is 0 Å². The van der Waals surface area contributed by atoms with E-state index in [9.17, 15) is 0 Å². The second-order valence-electron chi connectivity index (χ2n) is 5.19. The van der Waals surface area contributed by atoms with E-state index in [0.717, 1.165) is 19.6 Å². The fraction of sp³-hybridized carbons (Fsp3) is 0.800. The molecule has 1 aromatic rings. The third kappa shape index (κ3) is 6.02. The fourth-order valence-corrected chi connectivity index (χ4v) is 3.16. The minimum atomic E-state index is 0.581. The number of nitrogens with one attached hydrogen (secondary N) is 1. The summed E-state index contributed by atoms with van der Waals surface area (Å²) in [4.78, 5) is 8.34. The molecular weight excluding hydrogens is 254 g/mol. The molecule has 4 heteroatoms. The molecule has 1 N–H and O–H groups in total. The molecule has 0 amide bonds. The summed E-state index contributed by atoms with van der Waals surface area (Å²) in [5.41, 5.74) is 1.19. The minimum absolute atomic E-state index is 0.581. The summed E-state index contributed by atoms with van der Waals surface area (Å²) in [5, 5.41) is 4.78. The SMILES string of the molecule is CCN(CC)CCCC(C)NCc1sc(C)nc1C. The van der Waals surface area contributed by atoms with Crippen molar-refractivity contribution >= 4 is 11.3 Å². The van der Waals surface area contributed by atoms with Crippen molar-refractivity contribution in [1.82, 2.24) is 15.2 Å². The molecule has 0 saturated carbocycles. The van der Waals surface area contributed by atoms with Crippen LogP contribution >= 0.6 is 11.3 Å². The van der Waals surface area contributed by atoms with Crippen LogP contribution in [0.25, 0.3) is 0 Å². The summed E-state index contributed by atoms with van der Waals surface area (Å²) in [7, 11) is 0. The molecule has 3 nitrogen and oxygen atoms in total. The van der Waals surface area contributed by atoms with Gasteiger partial charge < -0.3 is 10.2 Å². The molecule has 0 aromatic carbocycles. The molecule has 0 saturated heterocycles. The molecule has 0 spiro atoms. The zero-order valence-electron chi connectivity index (χ0n) is 13.1. The van der Waals surface area contributed by atoms with Gasteiger partial charge in [0, 0.05) is 17.5 Å². The van der Waals surface area contributed by atoms with Crippen molar-refractivity contribution < 1.29 is 0 Å². The molecule has 1 atom stereocenters. The highest BCUT2D eigenvalue weighted by Gasteiger charge is 2.07. The highest BCUT2D eigenvalue weighted by atomic mass is 32.1. The first-order valence-electron chi connectivity index (χ1n) is 7.45. The number of rotatable bonds is 9. The van der Waals surface area contributed by atoms with Crippen LogP contribution in [0.4, 0.5) is 0 Å². The van der Waals surface area contributed by atoms with Crippen LogP contribution in [0.5, 0.6) is 0 Å². The number of aromatic nitrogens is 1. The number of thiazole rings is 1. The van der Waals surface area contributed by atoms with Crippen LogP contribution in [0.2, 0.25) is 0 Å². The Hall–Kier alpha value is -0.450. The molecule has 1 aromatic heterocycles. The van der Waals surface area contributed by atoms with E-state index >= 15 is 0 Å². The van der Waals surface area contributed by atoms with Crippen molar-refractivity contribution in [2.75, 3.05) is 19.6 Å². The average molecular weight is 283 g/mol. The standard InChI is InChI=1S/C15H29N3S/c1-6-18(7-2)10-8-9-12(3)16-11-15-13(4)17-14(5)19-15/h12,16H,6-11H2,1-5H3. The maximum Gasteiger partial charge on any atom is 0.0900 e. The molecule has 0 fully saturated rings. The first-order chi connectivity index (χ1) is 9.06. The lowest BCUT2D eigenvalue weighted by atomic mass is 10.1. The average Bonchev–Trinajstić information content (AvgIpc) is 2.70. The summed E-state index contributed by atoms with van der Waals surface area (Å²) in [5.74, 6) is 0. The topological polar surface area (TPSA) is 28.2 Å². The lowest BCUT2D eigenvalue weighted by Gasteiger charge is -2.19. The van der Waals surface area contributed by atoms with Crippen LogP contribution in [0.3, 0.4) is 0 Å². The summed E-state index contributed by atoms with van der Waals surface area (Å²) in [6.07, 6.45) is 2.52. The van der Waals surface area contributed by atoms with Crippen molar-refractivity contribution in [3.63, 3.8) is 0 Å².